The number of nitroso groups, excluding NO2 is 1. The molecule has 0 N–H and O–H groups in total. The van der Waals surface area contributed by atoms with Gasteiger partial charge >= 0.3 is 0 Å². The third-order valence-corrected chi connectivity index (χ3v) is 0.718. The molecule has 0 unspecified atom stereocenters. The van der Waals surface area contributed by atoms with Crippen LogP contribution in [0.3, 0.4) is 0 Å². The SMILES string of the molecule is O=[N+]1C=[C]C=CC1. The summed E-state index contributed by atoms with van der Waals surface area (Å²) in [6, 6.07) is 0. The molecule has 0 saturated carbocycles. The van der Waals surface area contributed by atoms with E-state index < -0.39 is 0 Å². The lowest BCUT2D eigenvalue weighted by Gasteiger charge is -1.80. The van der Waals surface area contributed by atoms with Crippen LogP contribution in [-0.2, 0) is 0 Å². The summed E-state index contributed by atoms with van der Waals surface area (Å²) in [6.45, 7) is 0.465. The molecule has 1 radical (unpaired) electrons. The first-order chi connectivity index (χ1) is 3.39. The minimum Gasteiger partial charge on any atom is -0.0456 e. The van der Waals surface area contributed by atoms with E-state index in [0.717, 1.165) is 4.76 Å². The monoisotopic (exact) mass is 95.0 g/mol. The quantitative estimate of drug-likeness (QED) is 0.404. The number of allylic oxidation sites excluding steroid dienone is 2. The van der Waals surface area contributed by atoms with Crippen molar-refractivity contribution in [2.75, 3.05) is 6.54 Å². The fourth-order valence-corrected chi connectivity index (χ4v) is 0.404. The molecule has 0 saturated heterocycles. The molecule has 1 rings (SSSR count). The topological polar surface area (TPSA) is 20.1 Å². The molecule has 0 aliphatic carbocycles. The Morgan fingerprint density at radius 3 is 2.86 bits per heavy atom. The van der Waals surface area contributed by atoms with Gasteiger partial charge in [-0.3, -0.25) is 0 Å². The first-order valence-electron chi connectivity index (χ1n) is 2.08. The summed E-state index contributed by atoms with van der Waals surface area (Å²) in [4.78, 5) is 10.2. The highest BCUT2D eigenvalue weighted by molar-refractivity contribution is 4.94. The Kier molecular flexibility index (Phi) is 1.02. The molecule has 0 amide bonds. The van der Waals surface area contributed by atoms with Gasteiger partial charge in [0.05, 0.1) is 6.08 Å². The van der Waals surface area contributed by atoms with Crippen LogP contribution in [0.4, 0.5) is 0 Å². The van der Waals surface area contributed by atoms with Gasteiger partial charge in [0.15, 0.2) is 0 Å². The molecule has 0 fully saturated rings. The summed E-state index contributed by atoms with van der Waals surface area (Å²) in [5.41, 5.74) is 0. The maximum Gasteiger partial charge on any atom is 0.229 e. The van der Waals surface area contributed by atoms with Crippen LogP contribution < -0.4 is 0 Å². The lowest BCUT2D eigenvalue weighted by molar-refractivity contribution is -0.469. The second-order valence-corrected chi connectivity index (χ2v) is 1.30. The average molecular weight is 95.1 g/mol. The van der Waals surface area contributed by atoms with Crippen molar-refractivity contribution in [1.82, 2.24) is 0 Å². The van der Waals surface area contributed by atoms with Gasteiger partial charge in [0.25, 0.3) is 0 Å². The highest BCUT2D eigenvalue weighted by atomic mass is 16.3. The van der Waals surface area contributed by atoms with Crippen LogP contribution in [0.25, 0.3) is 0 Å². The van der Waals surface area contributed by atoms with Crippen molar-refractivity contribution >= 4 is 0 Å². The molecular formula is C5H5NO+. The zero-order chi connectivity index (χ0) is 5.11. The molecule has 0 atom stereocenters. The molecule has 0 aromatic heterocycles. The van der Waals surface area contributed by atoms with E-state index in [0.29, 0.717) is 6.54 Å². The molecule has 7 heavy (non-hydrogen) atoms. The Bertz CT molecular complexity index is 135. The third kappa shape index (κ3) is 0.961. The van der Waals surface area contributed by atoms with Crippen molar-refractivity contribution in [1.29, 1.82) is 0 Å². The first-order valence-corrected chi connectivity index (χ1v) is 2.08. The minimum absolute atomic E-state index is 0.465. The summed E-state index contributed by atoms with van der Waals surface area (Å²) < 4.78 is 0.819. The van der Waals surface area contributed by atoms with E-state index in [1.165, 1.54) is 6.20 Å². The van der Waals surface area contributed by atoms with E-state index in [1.54, 1.807) is 12.2 Å². The van der Waals surface area contributed by atoms with Crippen molar-refractivity contribution in [3.8, 4) is 0 Å². The van der Waals surface area contributed by atoms with Gasteiger partial charge in [0, 0.05) is 9.67 Å². The van der Waals surface area contributed by atoms with Crippen LogP contribution in [0.2, 0.25) is 0 Å². The molecule has 1 heterocycles. The molecule has 0 spiro atoms. The van der Waals surface area contributed by atoms with Crippen LogP contribution in [0.5, 0.6) is 0 Å². The van der Waals surface area contributed by atoms with Gasteiger partial charge in [-0.05, 0) is 12.2 Å². The van der Waals surface area contributed by atoms with E-state index in [1.807, 2.05) is 0 Å². The van der Waals surface area contributed by atoms with Crippen LogP contribution in [0, 0.1) is 11.0 Å². The molecule has 35 valence electrons. The van der Waals surface area contributed by atoms with E-state index in [-0.39, 0.29) is 0 Å². The molecule has 1 aliphatic rings. The Labute approximate surface area is 41.7 Å². The number of rotatable bonds is 0. The standard InChI is InChI=1S/C5H5NO/c7-6-4-2-1-3-5-6/h1-2,5H,4H2/q+1. The molecular weight excluding hydrogens is 90.1 g/mol. The van der Waals surface area contributed by atoms with Crippen molar-refractivity contribution in [3.05, 3.63) is 29.3 Å². The predicted molar refractivity (Wildman–Crippen MR) is 25.4 cm³/mol. The molecule has 2 nitrogen and oxygen atoms in total. The second-order valence-electron chi connectivity index (χ2n) is 1.30. The molecule has 0 bridgehead atoms. The number of hydrogen-bond donors (Lipinski definition) is 0. The Morgan fingerprint density at radius 1 is 1.71 bits per heavy atom. The third-order valence-electron chi connectivity index (χ3n) is 0.718. The Balaban J connectivity index is 2.66. The maximum atomic E-state index is 10.2. The highest BCUT2D eigenvalue weighted by Gasteiger charge is 1.99. The minimum atomic E-state index is 0.465. The summed E-state index contributed by atoms with van der Waals surface area (Å²) in [6.07, 6.45) is 7.50. The molecule has 0 aromatic rings. The van der Waals surface area contributed by atoms with Gasteiger partial charge in [0.2, 0.25) is 12.7 Å². The van der Waals surface area contributed by atoms with Crippen molar-refractivity contribution in [2.24, 2.45) is 0 Å². The smallest absolute Gasteiger partial charge is 0.0456 e. The fraction of sp³-hybridized carbons (Fsp3) is 0.200. The number of hydrogen-bond acceptors (Lipinski definition) is 1. The Morgan fingerprint density at radius 2 is 2.57 bits per heavy atom. The zero-order valence-electron chi connectivity index (χ0n) is 3.79. The van der Waals surface area contributed by atoms with Crippen LogP contribution >= 0.6 is 0 Å². The maximum absolute atomic E-state index is 10.2. The molecule has 2 heteroatoms. The van der Waals surface area contributed by atoms with Gasteiger partial charge in [-0.1, -0.05) is 0 Å². The summed E-state index contributed by atoms with van der Waals surface area (Å²) in [7, 11) is 0. The van der Waals surface area contributed by atoms with Gasteiger partial charge in [0.1, 0.15) is 0 Å². The normalized spacial score (nSPS) is 18.0. The molecule has 1 aliphatic heterocycles. The average Bonchev–Trinajstić information content (AvgIpc) is 1.69. The van der Waals surface area contributed by atoms with E-state index in [4.69, 9.17) is 0 Å². The van der Waals surface area contributed by atoms with Gasteiger partial charge in [-0.15, -0.1) is 0 Å². The van der Waals surface area contributed by atoms with E-state index in [9.17, 15) is 4.91 Å². The largest absolute Gasteiger partial charge is 0.229 e. The Hall–Kier alpha value is -0.920. The number of nitrogens with zero attached hydrogens (tertiary/aromatic N) is 1. The first kappa shape index (κ1) is 4.24. The van der Waals surface area contributed by atoms with E-state index >= 15 is 0 Å². The van der Waals surface area contributed by atoms with Gasteiger partial charge < -0.3 is 0 Å². The predicted octanol–water partition coefficient (Wildman–Crippen LogP) is 0.652. The lowest BCUT2D eigenvalue weighted by atomic mass is 10.4. The highest BCUT2D eigenvalue weighted by Crippen LogP contribution is 1.86. The van der Waals surface area contributed by atoms with Crippen LogP contribution in [0.1, 0.15) is 0 Å². The summed E-state index contributed by atoms with van der Waals surface area (Å²) in [5, 5.41) is 0. The fourth-order valence-electron chi connectivity index (χ4n) is 0.404. The van der Waals surface area contributed by atoms with Gasteiger partial charge in [-0.2, -0.15) is 0 Å². The van der Waals surface area contributed by atoms with Crippen molar-refractivity contribution < 1.29 is 4.76 Å². The van der Waals surface area contributed by atoms with Crippen LogP contribution in [0.15, 0.2) is 18.4 Å². The van der Waals surface area contributed by atoms with Gasteiger partial charge in [-0.25, -0.2) is 0 Å². The molecule has 0 aromatic carbocycles. The zero-order valence-corrected chi connectivity index (χ0v) is 3.79. The van der Waals surface area contributed by atoms with Crippen molar-refractivity contribution in [2.45, 2.75) is 0 Å². The summed E-state index contributed by atoms with van der Waals surface area (Å²) in [5.74, 6) is 0. The summed E-state index contributed by atoms with van der Waals surface area (Å²) >= 11 is 0. The lowest BCUT2D eigenvalue weighted by Crippen LogP contribution is -2.00. The second kappa shape index (κ2) is 1.69. The van der Waals surface area contributed by atoms with Crippen molar-refractivity contribution in [3.63, 3.8) is 0 Å². The van der Waals surface area contributed by atoms with Crippen LogP contribution in [-0.4, -0.2) is 11.3 Å². The van der Waals surface area contributed by atoms with E-state index in [2.05, 4.69) is 6.08 Å².